The van der Waals surface area contributed by atoms with Crippen molar-refractivity contribution < 1.29 is 66.6 Å². The number of unbranched alkanes of at least 4 members (excludes halogenated alkanes) is 2. The fourth-order valence-corrected chi connectivity index (χ4v) is 3.39. The van der Waals surface area contributed by atoms with Gasteiger partial charge in [0, 0.05) is 17.7 Å². The van der Waals surface area contributed by atoms with Gasteiger partial charge < -0.3 is 4.74 Å². The van der Waals surface area contributed by atoms with Gasteiger partial charge in [-0.2, -0.15) is 57.1 Å². The zero-order chi connectivity index (χ0) is 28.2. The van der Waals surface area contributed by atoms with E-state index in [4.69, 9.17) is 4.74 Å². The lowest BCUT2D eigenvalue weighted by atomic mass is 9.93. The largest absolute Gasteiger partial charge is 0.494 e. The number of hydrogen-bond donors (Lipinski definition) is 0. The SMILES string of the molecule is CCCCCOc1ccc(C(=O)SCCC(F)(F)C(F)(F)C(F)(F)C(F)(F)C(F)(F)C(F)(F)F)cc1. The standard InChI is InChI=1S/C20H19F13O2S/c1-2-3-4-10-35-13-7-5-12(6-8-13)14(34)36-11-9-15(21,22)16(23,24)17(25,26)18(27,28)19(29,30)20(31,32)33/h5-8H,2-4,9-11H2,1H3. The lowest BCUT2D eigenvalue weighted by Gasteiger charge is -2.39. The normalized spacial score (nSPS) is 14.2. The summed E-state index contributed by atoms with van der Waals surface area (Å²) >= 11 is -0.123. The van der Waals surface area contributed by atoms with Crippen LogP contribution in [0.5, 0.6) is 5.75 Å². The van der Waals surface area contributed by atoms with Crippen LogP contribution in [0.4, 0.5) is 57.1 Å². The maximum Gasteiger partial charge on any atom is 0.460 e. The first-order valence-electron chi connectivity index (χ1n) is 10.0. The highest BCUT2D eigenvalue weighted by Crippen LogP contribution is 2.60. The second-order valence-electron chi connectivity index (χ2n) is 7.47. The Morgan fingerprint density at radius 1 is 0.750 bits per heavy atom. The molecule has 0 atom stereocenters. The molecule has 0 aliphatic carbocycles. The zero-order valence-corrected chi connectivity index (χ0v) is 19.0. The molecular weight excluding hydrogens is 551 g/mol. The minimum atomic E-state index is -7.94. The van der Waals surface area contributed by atoms with Crippen LogP contribution in [0, 0.1) is 0 Å². The van der Waals surface area contributed by atoms with Crippen molar-refractivity contribution in [3.05, 3.63) is 29.8 Å². The molecule has 0 heterocycles. The molecule has 0 saturated carbocycles. The first kappa shape index (κ1) is 32.2. The molecule has 1 rings (SSSR count). The third-order valence-corrected chi connectivity index (χ3v) is 5.66. The molecule has 16 heteroatoms. The summed E-state index contributed by atoms with van der Waals surface area (Å²) in [4.78, 5) is 12.0. The van der Waals surface area contributed by atoms with E-state index in [0.29, 0.717) is 12.4 Å². The molecule has 36 heavy (non-hydrogen) atoms. The number of carbonyl (C=O) groups excluding carboxylic acids is 1. The molecule has 1 aromatic rings. The molecule has 0 bridgehead atoms. The van der Waals surface area contributed by atoms with Crippen LogP contribution >= 0.6 is 11.8 Å². The highest BCUT2D eigenvalue weighted by atomic mass is 32.2. The van der Waals surface area contributed by atoms with Gasteiger partial charge >= 0.3 is 35.8 Å². The number of benzene rings is 1. The second-order valence-corrected chi connectivity index (χ2v) is 8.53. The number of hydrogen-bond acceptors (Lipinski definition) is 3. The molecule has 0 aromatic heterocycles. The molecule has 0 spiro atoms. The van der Waals surface area contributed by atoms with Crippen molar-refractivity contribution in [1.82, 2.24) is 0 Å². The van der Waals surface area contributed by atoms with E-state index in [1.54, 1.807) is 0 Å². The molecule has 0 aliphatic heterocycles. The van der Waals surface area contributed by atoms with E-state index in [1.165, 1.54) is 12.1 Å². The molecule has 1 aromatic carbocycles. The smallest absolute Gasteiger partial charge is 0.460 e. The Balaban J connectivity index is 2.88. The van der Waals surface area contributed by atoms with Crippen LogP contribution in [0.15, 0.2) is 24.3 Å². The van der Waals surface area contributed by atoms with Gasteiger partial charge in [0.1, 0.15) is 5.75 Å². The van der Waals surface area contributed by atoms with E-state index in [-0.39, 0.29) is 17.3 Å². The van der Waals surface area contributed by atoms with E-state index in [2.05, 4.69) is 0 Å². The van der Waals surface area contributed by atoms with Crippen molar-refractivity contribution in [3.63, 3.8) is 0 Å². The van der Waals surface area contributed by atoms with Gasteiger partial charge in [0.05, 0.1) is 6.61 Å². The number of halogens is 13. The molecule has 0 saturated heterocycles. The summed E-state index contributed by atoms with van der Waals surface area (Å²) < 4.78 is 175. The third-order valence-electron chi connectivity index (χ3n) is 4.75. The Labute approximate surface area is 200 Å². The van der Waals surface area contributed by atoms with Crippen LogP contribution in [0.2, 0.25) is 0 Å². The van der Waals surface area contributed by atoms with Gasteiger partial charge in [-0.05, 0) is 30.7 Å². The molecule has 2 nitrogen and oxygen atoms in total. The fraction of sp³-hybridized carbons (Fsp3) is 0.650. The van der Waals surface area contributed by atoms with Gasteiger partial charge in [-0.15, -0.1) is 0 Å². The summed E-state index contributed by atoms with van der Waals surface area (Å²) in [6.45, 7) is 2.32. The Bertz CT molecular complexity index is 867. The van der Waals surface area contributed by atoms with Gasteiger partial charge in [0.15, 0.2) is 0 Å². The molecule has 0 N–H and O–H groups in total. The minimum absolute atomic E-state index is 0.123. The number of carbonyl (C=O) groups is 1. The average molecular weight is 570 g/mol. The first-order chi connectivity index (χ1) is 16.2. The summed E-state index contributed by atoms with van der Waals surface area (Å²) in [5, 5.41) is -1.03. The van der Waals surface area contributed by atoms with Gasteiger partial charge in [-0.1, -0.05) is 31.5 Å². The molecule has 208 valence electrons. The third kappa shape index (κ3) is 6.33. The topological polar surface area (TPSA) is 26.3 Å². The van der Waals surface area contributed by atoms with E-state index in [1.807, 2.05) is 6.92 Å². The summed E-state index contributed by atoms with van der Waals surface area (Å²) in [7, 11) is 0. The lowest BCUT2D eigenvalue weighted by Crippen LogP contribution is -2.70. The molecular formula is C20H19F13O2S. The molecule has 0 radical (unpaired) electrons. The fourth-order valence-electron chi connectivity index (χ4n) is 2.54. The van der Waals surface area contributed by atoms with E-state index < -0.39 is 53.1 Å². The van der Waals surface area contributed by atoms with Crippen LogP contribution < -0.4 is 4.74 Å². The molecule has 0 aliphatic rings. The minimum Gasteiger partial charge on any atom is -0.494 e. The predicted octanol–water partition coefficient (Wildman–Crippen LogP) is 8.26. The highest BCUT2D eigenvalue weighted by molar-refractivity contribution is 8.14. The van der Waals surface area contributed by atoms with Crippen LogP contribution in [0.3, 0.4) is 0 Å². The number of rotatable bonds is 13. The maximum absolute atomic E-state index is 13.8. The van der Waals surface area contributed by atoms with Gasteiger partial charge in [-0.25, -0.2) is 0 Å². The summed E-state index contributed by atoms with van der Waals surface area (Å²) in [5.41, 5.74) is -0.169. The summed E-state index contributed by atoms with van der Waals surface area (Å²) in [6.07, 6.45) is -7.32. The monoisotopic (exact) mass is 570 g/mol. The number of ether oxygens (including phenoxy) is 1. The van der Waals surface area contributed by atoms with Gasteiger partial charge in [0.25, 0.3) is 0 Å². The molecule has 0 fully saturated rings. The predicted molar refractivity (Wildman–Crippen MR) is 104 cm³/mol. The van der Waals surface area contributed by atoms with Crippen molar-refractivity contribution in [1.29, 1.82) is 0 Å². The van der Waals surface area contributed by atoms with Gasteiger partial charge in [0.2, 0.25) is 5.12 Å². The lowest BCUT2D eigenvalue weighted by molar-refractivity contribution is -0.439. The van der Waals surface area contributed by atoms with E-state index in [9.17, 15) is 61.9 Å². The molecule has 0 unspecified atom stereocenters. The highest BCUT2D eigenvalue weighted by Gasteiger charge is 2.90. The quantitative estimate of drug-likeness (QED) is 0.177. The second kappa shape index (κ2) is 11.3. The van der Waals surface area contributed by atoms with Crippen LogP contribution in [-0.4, -0.2) is 53.3 Å². The number of thioether (sulfide) groups is 1. The Kier molecular flexibility index (Phi) is 10.1. The van der Waals surface area contributed by atoms with Crippen molar-refractivity contribution in [2.45, 2.75) is 68.4 Å². The number of alkyl halides is 13. The summed E-state index contributed by atoms with van der Waals surface area (Å²) in [5.74, 6) is -38.1. The van der Waals surface area contributed by atoms with Crippen molar-refractivity contribution in [2.75, 3.05) is 12.4 Å². The van der Waals surface area contributed by atoms with Crippen molar-refractivity contribution >= 4 is 16.9 Å². The Morgan fingerprint density at radius 3 is 1.72 bits per heavy atom. The molecule has 0 amide bonds. The van der Waals surface area contributed by atoms with Crippen molar-refractivity contribution in [2.24, 2.45) is 0 Å². The van der Waals surface area contributed by atoms with Crippen LogP contribution in [0.1, 0.15) is 43.0 Å². The van der Waals surface area contributed by atoms with E-state index in [0.717, 1.165) is 31.4 Å². The Morgan fingerprint density at radius 2 is 1.25 bits per heavy atom. The Hall–Kier alpha value is -1.87. The maximum atomic E-state index is 13.8. The summed E-state index contributed by atoms with van der Waals surface area (Å²) in [6, 6.07) is 4.94. The van der Waals surface area contributed by atoms with Crippen LogP contribution in [-0.2, 0) is 0 Å². The van der Waals surface area contributed by atoms with Crippen molar-refractivity contribution in [3.8, 4) is 5.75 Å². The van der Waals surface area contributed by atoms with Crippen LogP contribution in [0.25, 0.3) is 0 Å². The zero-order valence-electron chi connectivity index (χ0n) is 18.2. The van der Waals surface area contributed by atoms with Gasteiger partial charge in [-0.3, -0.25) is 4.79 Å². The average Bonchev–Trinajstić information content (AvgIpc) is 2.75. The van der Waals surface area contributed by atoms with E-state index >= 15 is 0 Å². The first-order valence-corrected chi connectivity index (χ1v) is 11.0.